The van der Waals surface area contributed by atoms with Gasteiger partial charge in [-0.05, 0) is 87.1 Å². The van der Waals surface area contributed by atoms with Gasteiger partial charge in [0, 0.05) is 31.0 Å². The molecule has 1 amide bonds. The molecule has 0 saturated carbocycles. The van der Waals surface area contributed by atoms with E-state index >= 15 is 0 Å². The smallest absolute Gasteiger partial charge is 0.337 e. The number of hydrogen-bond donors (Lipinski definition) is 1. The first-order valence-corrected chi connectivity index (χ1v) is 11.8. The number of carbonyl (C=O) groups is 2. The van der Waals surface area contributed by atoms with Crippen LogP contribution in [0, 0.1) is 20.8 Å². The second-order valence-electron chi connectivity index (χ2n) is 10.2. The van der Waals surface area contributed by atoms with Crippen LogP contribution >= 0.6 is 0 Å². The summed E-state index contributed by atoms with van der Waals surface area (Å²) < 4.78 is 6.12. The molecule has 3 aromatic rings. The molecule has 6 heteroatoms. The number of benzene rings is 2. The lowest BCUT2D eigenvalue weighted by molar-refractivity contribution is -0.160. The minimum atomic E-state index is -1.14. The third kappa shape index (κ3) is 4.84. The standard InChI is InChI=1S/C29H32N2O4/c1-17-9-11-20(12-10-17)24-18(2)22-15-31(27(32)21-8-7-13-30-14-21)16-23(22)19(3)25(24)26(28(33)34)35-29(4,5)6/h7-14,26H,15-16H2,1-6H3,(H,33,34)/t26-/m0/s1. The van der Waals surface area contributed by atoms with Crippen LogP contribution in [0.4, 0.5) is 0 Å². The number of pyridine rings is 1. The van der Waals surface area contributed by atoms with Crippen LogP contribution in [0.5, 0.6) is 0 Å². The largest absolute Gasteiger partial charge is 0.479 e. The molecule has 0 radical (unpaired) electrons. The minimum Gasteiger partial charge on any atom is -0.479 e. The molecule has 0 saturated heterocycles. The number of carbonyl (C=O) groups excluding carboxylic acids is 1. The third-order valence-electron chi connectivity index (χ3n) is 6.51. The molecule has 6 nitrogen and oxygen atoms in total. The number of aromatic nitrogens is 1. The molecule has 1 atom stereocenters. The van der Waals surface area contributed by atoms with Crippen LogP contribution in [-0.2, 0) is 22.6 Å². The van der Waals surface area contributed by atoms with Crippen molar-refractivity contribution in [3.05, 3.63) is 87.7 Å². The van der Waals surface area contributed by atoms with E-state index in [1.807, 2.05) is 65.8 Å². The molecule has 1 aromatic heterocycles. The van der Waals surface area contributed by atoms with Gasteiger partial charge in [0.1, 0.15) is 0 Å². The lowest BCUT2D eigenvalue weighted by atomic mass is 9.83. The first-order chi connectivity index (χ1) is 16.5. The van der Waals surface area contributed by atoms with Gasteiger partial charge in [-0.1, -0.05) is 29.8 Å². The van der Waals surface area contributed by atoms with Crippen molar-refractivity contribution >= 4 is 11.9 Å². The summed E-state index contributed by atoms with van der Waals surface area (Å²) in [5, 5.41) is 10.3. The fourth-order valence-electron chi connectivity index (χ4n) is 4.84. The molecule has 4 rings (SSSR count). The molecule has 1 aliphatic heterocycles. The summed E-state index contributed by atoms with van der Waals surface area (Å²) in [5.41, 5.74) is 7.37. The van der Waals surface area contributed by atoms with Gasteiger partial charge < -0.3 is 14.7 Å². The topological polar surface area (TPSA) is 79.7 Å². The number of rotatable bonds is 5. The molecule has 0 spiro atoms. The Balaban J connectivity index is 1.90. The zero-order valence-electron chi connectivity index (χ0n) is 21.2. The summed E-state index contributed by atoms with van der Waals surface area (Å²) in [5.74, 6) is -1.12. The van der Waals surface area contributed by atoms with Gasteiger partial charge in [-0.2, -0.15) is 0 Å². The predicted octanol–water partition coefficient (Wildman–Crippen LogP) is 5.77. The molecule has 35 heavy (non-hydrogen) atoms. The molecule has 1 N–H and O–H groups in total. The quantitative estimate of drug-likeness (QED) is 0.510. The predicted molar refractivity (Wildman–Crippen MR) is 135 cm³/mol. The van der Waals surface area contributed by atoms with Crippen molar-refractivity contribution in [2.24, 2.45) is 0 Å². The van der Waals surface area contributed by atoms with Crippen LogP contribution in [0.25, 0.3) is 11.1 Å². The fourth-order valence-corrected chi connectivity index (χ4v) is 4.84. The Labute approximate surface area is 206 Å². The Kier molecular flexibility index (Phi) is 6.52. The van der Waals surface area contributed by atoms with Gasteiger partial charge in [0.15, 0.2) is 6.10 Å². The molecule has 182 valence electrons. The Morgan fingerprint density at radius 3 is 2.17 bits per heavy atom. The summed E-state index contributed by atoms with van der Waals surface area (Å²) >= 11 is 0. The van der Waals surface area contributed by atoms with E-state index in [0.717, 1.165) is 38.9 Å². The summed E-state index contributed by atoms with van der Waals surface area (Å²) in [6.45, 7) is 12.5. The minimum absolute atomic E-state index is 0.0905. The summed E-state index contributed by atoms with van der Waals surface area (Å²) in [7, 11) is 0. The van der Waals surface area contributed by atoms with Gasteiger partial charge in [-0.3, -0.25) is 9.78 Å². The number of amides is 1. The molecular weight excluding hydrogens is 440 g/mol. The van der Waals surface area contributed by atoms with Crippen LogP contribution in [-0.4, -0.2) is 32.5 Å². The lowest BCUT2D eigenvalue weighted by Gasteiger charge is -2.29. The number of hydrogen-bond acceptors (Lipinski definition) is 4. The van der Waals surface area contributed by atoms with Gasteiger partial charge in [-0.25, -0.2) is 4.79 Å². The number of fused-ring (bicyclic) bond motifs is 1. The molecule has 0 fully saturated rings. The average Bonchev–Trinajstić information content (AvgIpc) is 3.26. The normalized spacial score (nSPS) is 14.1. The van der Waals surface area contributed by atoms with Gasteiger partial charge >= 0.3 is 5.97 Å². The maximum atomic E-state index is 13.2. The maximum Gasteiger partial charge on any atom is 0.337 e. The molecule has 0 unspecified atom stereocenters. The highest BCUT2D eigenvalue weighted by molar-refractivity contribution is 5.94. The highest BCUT2D eigenvalue weighted by Gasteiger charge is 2.36. The summed E-state index contributed by atoms with van der Waals surface area (Å²) in [6.07, 6.45) is 2.08. The first-order valence-electron chi connectivity index (χ1n) is 11.8. The van der Waals surface area contributed by atoms with Crippen LogP contribution < -0.4 is 0 Å². The van der Waals surface area contributed by atoms with Gasteiger partial charge in [-0.15, -0.1) is 0 Å². The van der Waals surface area contributed by atoms with Crippen molar-refractivity contribution in [2.45, 2.75) is 66.3 Å². The van der Waals surface area contributed by atoms with Gasteiger partial charge in [0.25, 0.3) is 5.91 Å². The van der Waals surface area contributed by atoms with E-state index in [4.69, 9.17) is 4.74 Å². The second kappa shape index (κ2) is 9.27. The third-order valence-corrected chi connectivity index (χ3v) is 6.51. The Bertz CT molecular complexity index is 1280. The maximum absolute atomic E-state index is 13.2. The van der Waals surface area contributed by atoms with Crippen LogP contribution in [0.15, 0.2) is 48.8 Å². The zero-order chi connectivity index (χ0) is 25.5. The van der Waals surface area contributed by atoms with Crippen molar-refractivity contribution < 1.29 is 19.4 Å². The number of carboxylic acids is 1. The van der Waals surface area contributed by atoms with E-state index in [0.29, 0.717) is 24.2 Å². The van der Waals surface area contributed by atoms with Crippen LogP contribution in [0.1, 0.15) is 70.6 Å². The average molecular weight is 473 g/mol. The van der Waals surface area contributed by atoms with Gasteiger partial charge in [0.05, 0.1) is 11.2 Å². The Morgan fingerprint density at radius 2 is 1.63 bits per heavy atom. The van der Waals surface area contributed by atoms with E-state index in [1.165, 1.54) is 0 Å². The van der Waals surface area contributed by atoms with Crippen molar-refractivity contribution in [1.82, 2.24) is 9.88 Å². The van der Waals surface area contributed by atoms with Crippen LogP contribution in [0.3, 0.4) is 0 Å². The Morgan fingerprint density at radius 1 is 1.00 bits per heavy atom. The first kappa shape index (κ1) is 24.6. The number of aryl methyl sites for hydroxylation is 1. The number of nitrogens with zero attached hydrogens (tertiary/aromatic N) is 2. The van der Waals surface area contributed by atoms with Gasteiger partial charge in [0.2, 0.25) is 0 Å². The molecule has 0 aliphatic carbocycles. The van der Waals surface area contributed by atoms with E-state index in [-0.39, 0.29) is 5.91 Å². The highest BCUT2D eigenvalue weighted by atomic mass is 16.5. The molecule has 2 aromatic carbocycles. The SMILES string of the molecule is Cc1ccc(-c2c(C)c3c(c(C)c2[C@H](OC(C)(C)C)C(=O)O)CN(C(=O)c2cccnc2)C3)cc1. The zero-order valence-corrected chi connectivity index (χ0v) is 21.2. The molecule has 1 aliphatic rings. The highest BCUT2D eigenvalue weighted by Crippen LogP contribution is 2.43. The van der Waals surface area contributed by atoms with E-state index in [2.05, 4.69) is 4.98 Å². The second-order valence-corrected chi connectivity index (χ2v) is 10.2. The van der Waals surface area contributed by atoms with Crippen molar-refractivity contribution in [3.8, 4) is 11.1 Å². The Hall–Kier alpha value is -3.51. The van der Waals surface area contributed by atoms with Crippen LogP contribution in [0.2, 0.25) is 0 Å². The molecule has 2 heterocycles. The monoisotopic (exact) mass is 472 g/mol. The van der Waals surface area contributed by atoms with Crippen molar-refractivity contribution in [3.63, 3.8) is 0 Å². The number of carboxylic acid groups (broad SMARTS) is 1. The summed E-state index contributed by atoms with van der Waals surface area (Å²) in [4.78, 5) is 31.6. The van der Waals surface area contributed by atoms with E-state index in [1.54, 1.807) is 29.4 Å². The lowest BCUT2D eigenvalue weighted by Crippen LogP contribution is -2.28. The van der Waals surface area contributed by atoms with E-state index in [9.17, 15) is 14.7 Å². The van der Waals surface area contributed by atoms with E-state index < -0.39 is 17.7 Å². The number of aliphatic carboxylic acids is 1. The number of ether oxygens (including phenoxy) is 1. The summed E-state index contributed by atoms with van der Waals surface area (Å²) in [6, 6.07) is 11.6. The fraction of sp³-hybridized carbons (Fsp3) is 0.345. The molecule has 0 bridgehead atoms. The van der Waals surface area contributed by atoms with Crippen molar-refractivity contribution in [1.29, 1.82) is 0 Å². The van der Waals surface area contributed by atoms with Crippen molar-refractivity contribution in [2.75, 3.05) is 0 Å². The molecular formula is C29H32N2O4.